The predicted molar refractivity (Wildman–Crippen MR) is 200 cm³/mol. The van der Waals surface area contributed by atoms with Gasteiger partial charge in [-0.25, -0.2) is 4.79 Å². The summed E-state index contributed by atoms with van der Waals surface area (Å²) in [7, 11) is 0.0717. The number of rotatable bonds is 17. The third kappa shape index (κ3) is 9.81. The number of ether oxygens (including phenoxy) is 5. The molecule has 0 saturated heterocycles. The topological polar surface area (TPSA) is 101 Å². The molecule has 1 aromatic heterocycles. The third-order valence-corrected chi connectivity index (χ3v) is 10.2. The van der Waals surface area contributed by atoms with E-state index in [-0.39, 0.29) is 13.3 Å². The number of aliphatic hydroxyl groups is 1. The standard InChI is InChI=1S/C39H45ClN2O7Si/c1-27-6-15-32(22-33(27)38(44)45-2)49-39-41-36-23-34(35(40)24-37(36)42(39)26-48-20-21-50(3,4)5)31-13-11-30(12-14-31)29-9-7-28(8-10-29)25-47-19-18-46-17-16-43/h6-15,22-24,43H,16-21,25-26H2,1-5H3. The van der Waals surface area contributed by atoms with Crippen LogP contribution in [0.1, 0.15) is 21.5 Å². The van der Waals surface area contributed by atoms with Crippen molar-refractivity contribution >= 4 is 36.7 Å². The Bertz CT molecular complexity index is 1890. The number of hydrogen-bond donors (Lipinski definition) is 1. The molecule has 0 spiro atoms. The Hall–Kier alpha value is -4.03. The van der Waals surface area contributed by atoms with Crippen LogP contribution in [-0.2, 0) is 32.3 Å². The number of methoxy groups -OCH3 is 1. The van der Waals surface area contributed by atoms with Crippen LogP contribution in [0.25, 0.3) is 33.3 Å². The molecular weight excluding hydrogens is 672 g/mol. The molecular formula is C39H45ClN2O7Si. The number of esters is 1. The van der Waals surface area contributed by atoms with E-state index in [0.717, 1.165) is 44.9 Å². The van der Waals surface area contributed by atoms with Crippen LogP contribution in [0, 0.1) is 6.92 Å². The van der Waals surface area contributed by atoms with Crippen LogP contribution >= 0.6 is 11.6 Å². The summed E-state index contributed by atoms with van der Waals surface area (Å²) >= 11 is 6.94. The molecule has 0 radical (unpaired) electrons. The minimum atomic E-state index is -1.29. The van der Waals surface area contributed by atoms with Gasteiger partial charge in [0.15, 0.2) is 0 Å². The van der Waals surface area contributed by atoms with Crippen LogP contribution in [0.4, 0.5) is 0 Å². The number of halogens is 1. The molecule has 0 saturated carbocycles. The molecule has 50 heavy (non-hydrogen) atoms. The summed E-state index contributed by atoms with van der Waals surface area (Å²) < 4.78 is 30.1. The maximum atomic E-state index is 12.4. The molecule has 5 rings (SSSR count). The number of fused-ring (bicyclic) bond motifs is 1. The summed E-state index contributed by atoms with van der Waals surface area (Å²) in [5.41, 5.74) is 7.74. The number of carbonyl (C=O) groups excluding carboxylic acids is 1. The van der Waals surface area contributed by atoms with E-state index in [1.165, 1.54) is 7.11 Å². The monoisotopic (exact) mass is 716 g/mol. The van der Waals surface area contributed by atoms with E-state index in [9.17, 15) is 4.79 Å². The van der Waals surface area contributed by atoms with E-state index in [0.29, 0.717) is 60.9 Å². The molecule has 0 fully saturated rings. The number of aromatic nitrogens is 2. The number of benzene rings is 4. The van der Waals surface area contributed by atoms with Gasteiger partial charge in [-0.05, 0) is 65.1 Å². The first-order valence-electron chi connectivity index (χ1n) is 16.7. The van der Waals surface area contributed by atoms with Gasteiger partial charge in [-0.1, -0.05) is 85.8 Å². The lowest BCUT2D eigenvalue weighted by Crippen LogP contribution is -2.22. The van der Waals surface area contributed by atoms with E-state index >= 15 is 0 Å². The quantitative estimate of drug-likeness (QED) is 0.0579. The Labute approximate surface area is 299 Å². The maximum absolute atomic E-state index is 12.4. The van der Waals surface area contributed by atoms with Crippen molar-refractivity contribution in [1.29, 1.82) is 0 Å². The molecule has 264 valence electrons. The summed E-state index contributed by atoms with van der Waals surface area (Å²) in [6, 6.07) is 27.1. The summed E-state index contributed by atoms with van der Waals surface area (Å²) in [5, 5.41) is 9.36. The van der Waals surface area contributed by atoms with Crippen LogP contribution < -0.4 is 4.74 Å². The summed E-state index contributed by atoms with van der Waals surface area (Å²) in [6.07, 6.45) is 0. The molecule has 0 unspecified atom stereocenters. The van der Waals surface area contributed by atoms with Crippen molar-refractivity contribution in [2.24, 2.45) is 0 Å². The molecule has 1 N–H and O–H groups in total. The minimum Gasteiger partial charge on any atom is -0.465 e. The van der Waals surface area contributed by atoms with E-state index in [2.05, 4.69) is 68.2 Å². The molecule has 5 aromatic rings. The Kier molecular flexibility index (Phi) is 12.9. The second-order valence-electron chi connectivity index (χ2n) is 13.2. The first kappa shape index (κ1) is 37.2. The van der Waals surface area contributed by atoms with Crippen LogP contribution in [-0.4, -0.2) is 68.8 Å². The van der Waals surface area contributed by atoms with E-state index < -0.39 is 14.0 Å². The first-order valence-corrected chi connectivity index (χ1v) is 20.8. The second kappa shape index (κ2) is 17.3. The van der Waals surface area contributed by atoms with Gasteiger partial charge in [-0.15, -0.1) is 0 Å². The van der Waals surface area contributed by atoms with Crippen molar-refractivity contribution in [1.82, 2.24) is 9.55 Å². The van der Waals surface area contributed by atoms with Crippen LogP contribution in [0.15, 0.2) is 78.9 Å². The van der Waals surface area contributed by atoms with Crippen molar-refractivity contribution in [3.8, 4) is 34.0 Å². The SMILES string of the molecule is COC(=O)c1cc(Oc2nc3cc(-c4ccc(-c5ccc(COCCOCCO)cc5)cc4)c(Cl)cc3n2COCC[Si](C)(C)C)ccc1C. The molecule has 0 aliphatic carbocycles. The molecule has 0 atom stereocenters. The Morgan fingerprint density at radius 3 is 2.20 bits per heavy atom. The average Bonchev–Trinajstić information content (AvgIpc) is 3.43. The summed E-state index contributed by atoms with van der Waals surface area (Å²) in [6.45, 7) is 11.4. The normalized spacial score (nSPS) is 11.7. The largest absolute Gasteiger partial charge is 0.465 e. The highest BCUT2D eigenvalue weighted by Crippen LogP contribution is 2.36. The predicted octanol–water partition coefficient (Wildman–Crippen LogP) is 8.75. The van der Waals surface area contributed by atoms with Gasteiger partial charge in [0.2, 0.25) is 0 Å². The van der Waals surface area contributed by atoms with Gasteiger partial charge in [0.05, 0.1) is 61.8 Å². The molecule has 0 bridgehead atoms. The maximum Gasteiger partial charge on any atom is 0.338 e. The lowest BCUT2D eigenvalue weighted by Gasteiger charge is -2.16. The van der Waals surface area contributed by atoms with Gasteiger partial charge in [0.1, 0.15) is 12.5 Å². The molecule has 9 nitrogen and oxygen atoms in total. The zero-order chi connectivity index (χ0) is 35.7. The van der Waals surface area contributed by atoms with Gasteiger partial charge >= 0.3 is 12.0 Å². The van der Waals surface area contributed by atoms with Crippen molar-refractivity contribution in [3.63, 3.8) is 0 Å². The van der Waals surface area contributed by atoms with Crippen molar-refractivity contribution in [2.45, 2.75) is 45.9 Å². The molecule has 4 aromatic carbocycles. The number of aliphatic hydroxyl groups excluding tert-OH is 1. The summed E-state index contributed by atoms with van der Waals surface area (Å²) in [5.74, 6) is 0.0270. The first-order chi connectivity index (χ1) is 24.1. The number of nitrogens with zero attached hydrogens (tertiary/aromatic N) is 2. The highest BCUT2D eigenvalue weighted by Gasteiger charge is 2.19. The second-order valence-corrected chi connectivity index (χ2v) is 19.3. The molecule has 0 aliphatic rings. The highest BCUT2D eigenvalue weighted by molar-refractivity contribution is 6.76. The Balaban J connectivity index is 1.37. The molecule has 0 amide bonds. The smallest absolute Gasteiger partial charge is 0.338 e. The average molecular weight is 717 g/mol. The van der Waals surface area contributed by atoms with E-state index in [4.69, 9.17) is 45.4 Å². The lowest BCUT2D eigenvalue weighted by molar-refractivity contribution is 0.0274. The number of carbonyl (C=O) groups is 1. The van der Waals surface area contributed by atoms with Gasteiger partial charge in [-0.2, -0.15) is 4.98 Å². The van der Waals surface area contributed by atoms with Crippen molar-refractivity contribution in [3.05, 3.63) is 101 Å². The van der Waals surface area contributed by atoms with Gasteiger partial charge in [0, 0.05) is 20.2 Å². The third-order valence-electron chi connectivity index (χ3n) is 8.20. The van der Waals surface area contributed by atoms with Gasteiger partial charge < -0.3 is 28.8 Å². The minimum absolute atomic E-state index is 0.0126. The van der Waals surface area contributed by atoms with Gasteiger partial charge in [0.25, 0.3) is 0 Å². The Morgan fingerprint density at radius 2 is 1.52 bits per heavy atom. The number of imidazole rings is 1. The molecule has 11 heteroatoms. The van der Waals surface area contributed by atoms with E-state index in [1.807, 2.05) is 29.7 Å². The fraction of sp³-hybridized carbons (Fsp3) is 0.333. The molecule has 0 aliphatic heterocycles. The van der Waals surface area contributed by atoms with Crippen LogP contribution in [0.5, 0.6) is 11.8 Å². The van der Waals surface area contributed by atoms with Crippen LogP contribution in [0.2, 0.25) is 30.7 Å². The fourth-order valence-corrected chi connectivity index (χ4v) is 6.32. The summed E-state index contributed by atoms with van der Waals surface area (Å²) in [4.78, 5) is 17.2. The zero-order valence-corrected chi connectivity index (χ0v) is 31.1. The highest BCUT2D eigenvalue weighted by atomic mass is 35.5. The molecule has 1 heterocycles. The fourth-order valence-electron chi connectivity index (χ4n) is 5.29. The number of aryl methyl sites for hydroxylation is 1. The van der Waals surface area contributed by atoms with Crippen molar-refractivity contribution < 1.29 is 33.6 Å². The van der Waals surface area contributed by atoms with Crippen molar-refractivity contribution in [2.75, 3.05) is 40.1 Å². The lowest BCUT2D eigenvalue weighted by atomic mass is 9.99. The van der Waals surface area contributed by atoms with Gasteiger partial charge in [-0.3, -0.25) is 4.57 Å². The zero-order valence-electron chi connectivity index (χ0n) is 29.3. The Morgan fingerprint density at radius 1 is 0.840 bits per heavy atom. The number of hydrogen-bond acceptors (Lipinski definition) is 8. The van der Waals surface area contributed by atoms with Crippen LogP contribution in [0.3, 0.4) is 0 Å². The van der Waals surface area contributed by atoms with E-state index in [1.54, 1.807) is 12.1 Å².